The SMILES string of the molecule is N/C(=N\C(=O)Nc1ccccc1)C1CCCN(CCC2CCCCC2)C1. The number of urea groups is 1. The minimum absolute atomic E-state index is 0.191. The Morgan fingerprint density at radius 1 is 1.12 bits per heavy atom. The van der Waals surface area contributed by atoms with Crippen molar-refractivity contribution in [2.24, 2.45) is 22.6 Å². The first kappa shape index (κ1) is 18.9. The van der Waals surface area contributed by atoms with Gasteiger partial charge in [-0.1, -0.05) is 50.3 Å². The second-order valence-electron chi connectivity index (χ2n) is 7.77. The van der Waals surface area contributed by atoms with Gasteiger partial charge in [0.2, 0.25) is 0 Å². The van der Waals surface area contributed by atoms with Gasteiger partial charge in [0.25, 0.3) is 0 Å². The number of benzene rings is 1. The lowest BCUT2D eigenvalue weighted by atomic mass is 9.86. The molecule has 0 bridgehead atoms. The van der Waals surface area contributed by atoms with Gasteiger partial charge in [-0.3, -0.25) is 0 Å². The zero-order chi connectivity index (χ0) is 18.2. The standard InChI is InChI=1S/C21H32N4O/c22-20(24-21(26)23-19-11-5-2-6-12-19)18-10-7-14-25(16-18)15-13-17-8-3-1-4-9-17/h2,5-6,11-12,17-18H,1,3-4,7-10,13-16H2,(H3,22,23,24,26). The van der Waals surface area contributed by atoms with E-state index in [1.807, 2.05) is 30.3 Å². The number of nitrogens with two attached hydrogens (primary N) is 1. The molecule has 5 nitrogen and oxygen atoms in total. The Labute approximate surface area is 157 Å². The molecular weight excluding hydrogens is 324 g/mol. The molecule has 3 N–H and O–H groups in total. The first-order valence-electron chi connectivity index (χ1n) is 10.1. The van der Waals surface area contributed by atoms with E-state index >= 15 is 0 Å². The van der Waals surface area contributed by atoms with Gasteiger partial charge in [0.15, 0.2) is 0 Å². The molecule has 0 aromatic heterocycles. The lowest BCUT2D eigenvalue weighted by Crippen LogP contribution is -2.42. The van der Waals surface area contributed by atoms with Gasteiger partial charge in [0.1, 0.15) is 5.84 Å². The number of rotatable bonds is 5. The maximum absolute atomic E-state index is 12.1. The fraction of sp³-hybridized carbons (Fsp3) is 0.619. The molecule has 5 heteroatoms. The van der Waals surface area contributed by atoms with Crippen molar-refractivity contribution in [1.82, 2.24) is 4.90 Å². The number of hydrogen-bond donors (Lipinski definition) is 2. The average Bonchev–Trinajstić information content (AvgIpc) is 2.68. The molecule has 142 valence electrons. The van der Waals surface area contributed by atoms with Crippen LogP contribution in [0.2, 0.25) is 0 Å². The fourth-order valence-electron chi connectivity index (χ4n) is 4.22. The molecule has 0 radical (unpaired) electrons. The summed E-state index contributed by atoms with van der Waals surface area (Å²) in [5.74, 6) is 1.57. The van der Waals surface area contributed by atoms with Gasteiger partial charge in [0.05, 0.1) is 0 Å². The molecule has 1 aliphatic heterocycles. The molecule has 1 aromatic rings. The molecule has 1 atom stereocenters. The summed E-state index contributed by atoms with van der Waals surface area (Å²) >= 11 is 0. The molecule has 2 aliphatic rings. The van der Waals surface area contributed by atoms with E-state index in [1.165, 1.54) is 38.5 Å². The van der Waals surface area contributed by atoms with E-state index in [0.29, 0.717) is 5.84 Å². The summed E-state index contributed by atoms with van der Waals surface area (Å²) in [7, 11) is 0. The van der Waals surface area contributed by atoms with Crippen LogP contribution in [-0.2, 0) is 0 Å². The van der Waals surface area contributed by atoms with E-state index in [-0.39, 0.29) is 11.9 Å². The Kier molecular flexibility index (Phi) is 7.06. The van der Waals surface area contributed by atoms with Crippen molar-refractivity contribution >= 4 is 17.6 Å². The number of amidine groups is 1. The van der Waals surface area contributed by atoms with Crippen LogP contribution >= 0.6 is 0 Å². The van der Waals surface area contributed by atoms with Crippen LogP contribution in [0.1, 0.15) is 51.4 Å². The molecule has 1 heterocycles. The van der Waals surface area contributed by atoms with E-state index in [4.69, 9.17) is 5.73 Å². The van der Waals surface area contributed by atoms with Crippen LogP contribution in [0.25, 0.3) is 0 Å². The fourth-order valence-corrected chi connectivity index (χ4v) is 4.22. The molecule has 2 amide bonds. The monoisotopic (exact) mass is 356 g/mol. The van der Waals surface area contributed by atoms with Crippen LogP contribution in [-0.4, -0.2) is 36.4 Å². The van der Waals surface area contributed by atoms with E-state index < -0.39 is 0 Å². The number of likely N-dealkylation sites (tertiary alicyclic amines) is 1. The molecule has 2 fully saturated rings. The van der Waals surface area contributed by atoms with Crippen molar-refractivity contribution < 1.29 is 4.79 Å². The normalized spacial score (nSPS) is 22.9. The van der Waals surface area contributed by atoms with Gasteiger partial charge in [-0.2, -0.15) is 4.99 Å². The van der Waals surface area contributed by atoms with Crippen molar-refractivity contribution in [2.75, 3.05) is 25.0 Å². The smallest absolute Gasteiger partial charge is 0.347 e. The largest absolute Gasteiger partial charge is 0.387 e. The van der Waals surface area contributed by atoms with Gasteiger partial charge in [-0.25, -0.2) is 4.79 Å². The van der Waals surface area contributed by atoms with Crippen molar-refractivity contribution in [3.8, 4) is 0 Å². The maximum Gasteiger partial charge on any atom is 0.347 e. The summed E-state index contributed by atoms with van der Waals surface area (Å²) in [4.78, 5) is 18.7. The third-order valence-electron chi connectivity index (χ3n) is 5.76. The number of carbonyl (C=O) groups excluding carboxylic acids is 1. The summed E-state index contributed by atoms with van der Waals surface area (Å²) in [6.45, 7) is 3.23. The second kappa shape index (κ2) is 9.72. The average molecular weight is 357 g/mol. The van der Waals surface area contributed by atoms with Crippen molar-refractivity contribution in [2.45, 2.75) is 51.4 Å². The highest BCUT2D eigenvalue weighted by atomic mass is 16.2. The zero-order valence-corrected chi connectivity index (χ0v) is 15.7. The quantitative estimate of drug-likeness (QED) is 0.612. The number of hydrogen-bond acceptors (Lipinski definition) is 2. The Morgan fingerprint density at radius 2 is 1.88 bits per heavy atom. The van der Waals surface area contributed by atoms with Gasteiger partial charge in [0, 0.05) is 18.2 Å². The number of carbonyl (C=O) groups is 1. The highest BCUT2D eigenvalue weighted by Crippen LogP contribution is 2.27. The van der Waals surface area contributed by atoms with E-state index in [9.17, 15) is 4.79 Å². The topological polar surface area (TPSA) is 70.7 Å². The third kappa shape index (κ3) is 5.84. The second-order valence-corrected chi connectivity index (χ2v) is 7.77. The van der Waals surface area contributed by atoms with Gasteiger partial charge in [-0.15, -0.1) is 0 Å². The lowest BCUT2D eigenvalue weighted by molar-refractivity contribution is 0.182. The first-order chi connectivity index (χ1) is 12.7. The minimum atomic E-state index is -0.381. The van der Waals surface area contributed by atoms with Gasteiger partial charge < -0.3 is 16.0 Å². The number of para-hydroxylation sites is 1. The molecule has 1 saturated heterocycles. The van der Waals surface area contributed by atoms with Gasteiger partial charge >= 0.3 is 6.03 Å². The Balaban J connectivity index is 1.47. The summed E-state index contributed by atoms with van der Waals surface area (Å²) in [6.07, 6.45) is 10.5. The van der Waals surface area contributed by atoms with Crippen molar-refractivity contribution in [3.63, 3.8) is 0 Å². The van der Waals surface area contributed by atoms with Crippen LogP contribution in [0.3, 0.4) is 0 Å². The summed E-state index contributed by atoms with van der Waals surface area (Å²) < 4.78 is 0. The molecule has 26 heavy (non-hydrogen) atoms. The Hall–Kier alpha value is -1.88. The number of amides is 2. The Bertz CT molecular complexity index is 595. The number of anilines is 1. The van der Waals surface area contributed by atoms with Crippen LogP contribution in [0.15, 0.2) is 35.3 Å². The lowest BCUT2D eigenvalue weighted by Gasteiger charge is -2.33. The van der Waals surface area contributed by atoms with Gasteiger partial charge in [-0.05, 0) is 50.4 Å². The first-order valence-corrected chi connectivity index (χ1v) is 10.1. The number of nitrogens with zero attached hydrogens (tertiary/aromatic N) is 2. The molecule has 0 spiro atoms. The highest BCUT2D eigenvalue weighted by Gasteiger charge is 2.24. The van der Waals surface area contributed by atoms with E-state index in [2.05, 4.69) is 15.2 Å². The predicted molar refractivity (Wildman–Crippen MR) is 107 cm³/mol. The van der Waals surface area contributed by atoms with Crippen molar-refractivity contribution in [1.29, 1.82) is 0 Å². The van der Waals surface area contributed by atoms with Crippen LogP contribution in [0.5, 0.6) is 0 Å². The van der Waals surface area contributed by atoms with E-state index in [0.717, 1.165) is 44.1 Å². The predicted octanol–water partition coefficient (Wildman–Crippen LogP) is 4.26. The van der Waals surface area contributed by atoms with Crippen LogP contribution in [0, 0.1) is 11.8 Å². The van der Waals surface area contributed by atoms with Crippen LogP contribution in [0.4, 0.5) is 10.5 Å². The van der Waals surface area contributed by atoms with Crippen LogP contribution < -0.4 is 11.1 Å². The molecule has 1 aliphatic carbocycles. The third-order valence-corrected chi connectivity index (χ3v) is 5.76. The van der Waals surface area contributed by atoms with Crippen molar-refractivity contribution in [3.05, 3.63) is 30.3 Å². The number of piperidine rings is 1. The number of aliphatic imine (C=N–C) groups is 1. The molecule has 3 rings (SSSR count). The maximum atomic E-state index is 12.1. The summed E-state index contributed by atoms with van der Waals surface area (Å²) in [6, 6.07) is 8.99. The zero-order valence-electron chi connectivity index (χ0n) is 15.7. The molecular formula is C21H32N4O. The molecule has 1 saturated carbocycles. The molecule has 1 aromatic carbocycles. The minimum Gasteiger partial charge on any atom is -0.387 e. The summed E-state index contributed by atoms with van der Waals surface area (Å²) in [5.41, 5.74) is 6.91. The highest BCUT2D eigenvalue weighted by molar-refractivity contribution is 6.00. The molecule has 1 unspecified atom stereocenters. The van der Waals surface area contributed by atoms with E-state index in [1.54, 1.807) is 0 Å². The summed E-state index contributed by atoms with van der Waals surface area (Å²) in [5, 5.41) is 2.77. The number of nitrogens with one attached hydrogen (secondary N) is 1. The Morgan fingerprint density at radius 3 is 2.65 bits per heavy atom.